The summed E-state index contributed by atoms with van der Waals surface area (Å²) >= 11 is 2.78. The Balaban J connectivity index is 2.34. The second-order valence-corrected chi connectivity index (χ2v) is 4.70. The van der Waals surface area contributed by atoms with Gasteiger partial charge < -0.3 is 0 Å². The van der Waals surface area contributed by atoms with Gasteiger partial charge in [-0.25, -0.2) is 0 Å². The molecule has 1 aromatic carbocycles. The van der Waals surface area contributed by atoms with Crippen LogP contribution in [0, 0.1) is 0 Å². The van der Waals surface area contributed by atoms with Crippen molar-refractivity contribution in [2.75, 3.05) is 0 Å². The number of aryl methyl sites for hydroxylation is 1. The summed E-state index contributed by atoms with van der Waals surface area (Å²) in [6.07, 6.45) is 3.88. The molecule has 0 fully saturated rings. The van der Waals surface area contributed by atoms with Crippen LogP contribution in [-0.4, -0.2) is 16.9 Å². The average Bonchev–Trinajstić information content (AvgIpc) is 2.04. The Labute approximate surface area is 76.5 Å². The topological polar surface area (TPSA) is 0 Å². The summed E-state index contributed by atoms with van der Waals surface area (Å²) in [6, 6.07) is 8.80. The molecule has 11 heavy (non-hydrogen) atoms. The minimum absolute atomic E-state index is 0.831. The van der Waals surface area contributed by atoms with Gasteiger partial charge in [0.05, 0.1) is 0 Å². The Bertz CT molecular complexity index is 255. The number of hydrogen-bond donors (Lipinski definition) is 0. The van der Waals surface area contributed by atoms with E-state index in [2.05, 4.69) is 41.1 Å². The molecule has 56 valence electrons. The van der Waals surface area contributed by atoms with E-state index < -0.39 is 0 Å². The molecule has 0 nitrogen and oxygen atoms in total. The van der Waals surface area contributed by atoms with Crippen molar-refractivity contribution < 1.29 is 0 Å². The van der Waals surface area contributed by atoms with Gasteiger partial charge in [-0.3, -0.25) is 0 Å². The first-order chi connectivity index (χ1) is 5.36. The van der Waals surface area contributed by atoms with Gasteiger partial charge in [0.2, 0.25) is 0 Å². The van der Waals surface area contributed by atoms with Crippen LogP contribution in [0.5, 0.6) is 0 Å². The second-order valence-electron chi connectivity index (χ2n) is 3.17. The Kier molecular flexibility index (Phi) is 2.04. The zero-order chi connectivity index (χ0) is 7.68. The third-order valence-corrected chi connectivity index (χ3v) is 3.25. The normalized spacial score (nSPS) is 22.8. The van der Waals surface area contributed by atoms with E-state index in [9.17, 15) is 0 Å². The Hall–Kier alpha value is -0.222. The molecule has 1 unspecified atom stereocenters. The first-order valence-corrected chi connectivity index (χ1v) is 5.19. The van der Waals surface area contributed by atoms with Crippen molar-refractivity contribution in [2.45, 2.75) is 24.0 Å². The molecular weight excluding hydrogens is 195 g/mol. The van der Waals surface area contributed by atoms with Crippen molar-refractivity contribution in [1.82, 2.24) is 0 Å². The van der Waals surface area contributed by atoms with Gasteiger partial charge in [-0.05, 0) is 0 Å². The molecule has 0 aliphatic heterocycles. The molecule has 0 amide bonds. The predicted molar refractivity (Wildman–Crippen MR) is 48.0 cm³/mol. The van der Waals surface area contributed by atoms with Gasteiger partial charge in [-0.15, -0.1) is 0 Å². The Morgan fingerprint density at radius 1 is 1.18 bits per heavy atom. The van der Waals surface area contributed by atoms with Crippen molar-refractivity contribution in [3.8, 4) is 0 Å². The quantitative estimate of drug-likeness (QED) is 0.570. The van der Waals surface area contributed by atoms with E-state index >= 15 is 0 Å². The van der Waals surface area contributed by atoms with Crippen LogP contribution in [0.1, 0.15) is 17.5 Å². The molecular formula is C10H11As. The van der Waals surface area contributed by atoms with Crippen molar-refractivity contribution in [2.24, 2.45) is 0 Å². The molecule has 1 atom stereocenters. The molecule has 2 rings (SSSR count). The van der Waals surface area contributed by atoms with Crippen molar-refractivity contribution in [3.05, 3.63) is 35.4 Å². The van der Waals surface area contributed by atoms with E-state index in [-0.39, 0.29) is 0 Å². The molecule has 1 aliphatic carbocycles. The zero-order valence-electron chi connectivity index (χ0n) is 6.46. The number of rotatable bonds is 0. The van der Waals surface area contributed by atoms with Crippen LogP contribution in [-0.2, 0) is 12.8 Å². The maximum atomic E-state index is 2.78. The van der Waals surface area contributed by atoms with Gasteiger partial charge in [-0.1, -0.05) is 0 Å². The van der Waals surface area contributed by atoms with Gasteiger partial charge >= 0.3 is 76.2 Å². The van der Waals surface area contributed by atoms with Gasteiger partial charge in [0.1, 0.15) is 0 Å². The molecule has 0 spiro atoms. The van der Waals surface area contributed by atoms with Crippen LogP contribution >= 0.6 is 0 Å². The summed E-state index contributed by atoms with van der Waals surface area (Å²) in [4.78, 5) is 0. The van der Waals surface area contributed by atoms with Crippen molar-refractivity contribution in [3.63, 3.8) is 0 Å². The second kappa shape index (κ2) is 3.03. The molecule has 1 aliphatic rings. The first-order valence-electron chi connectivity index (χ1n) is 4.11. The van der Waals surface area contributed by atoms with Crippen LogP contribution < -0.4 is 0 Å². The monoisotopic (exact) mass is 206 g/mol. The van der Waals surface area contributed by atoms with Crippen LogP contribution in [0.15, 0.2) is 24.3 Å². The molecule has 0 saturated heterocycles. The molecule has 1 heteroatoms. The van der Waals surface area contributed by atoms with Crippen molar-refractivity contribution in [1.29, 1.82) is 0 Å². The van der Waals surface area contributed by atoms with E-state index in [0.29, 0.717) is 0 Å². The summed E-state index contributed by atoms with van der Waals surface area (Å²) in [5.74, 6) is 0. The summed E-state index contributed by atoms with van der Waals surface area (Å²) < 4.78 is 0.831. The van der Waals surface area contributed by atoms with E-state index in [1.54, 1.807) is 11.1 Å². The summed E-state index contributed by atoms with van der Waals surface area (Å²) in [6.45, 7) is 0. The minimum atomic E-state index is 0.831. The molecule has 0 bridgehead atoms. The average molecular weight is 206 g/mol. The predicted octanol–water partition coefficient (Wildman–Crippen LogP) is 2.13. The van der Waals surface area contributed by atoms with E-state index in [1.807, 2.05) is 0 Å². The van der Waals surface area contributed by atoms with E-state index in [1.165, 1.54) is 19.3 Å². The fraction of sp³-hybridized carbons (Fsp3) is 0.400. The molecule has 1 aromatic rings. The number of hydrogen-bond acceptors (Lipinski definition) is 0. The van der Waals surface area contributed by atoms with Crippen LogP contribution in [0.2, 0.25) is 4.71 Å². The number of fused-ring (bicyclic) bond motifs is 1. The Morgan fingerprint density at radius 3 is 2.73 bits per heavy atom. The maximum absolute atomic E-state index is 2.78. The van der Waals surface area contributed by atoms with Gasteiger partial charge in [0.15, 0.2) is 0 Å². The standard InChI is InChI=1S/C10H11As/c11-10-6-5-8-3-1-2-4-9(8)7-10/h1-4,10H,5-7H2. The summed E-state index contributed by atoms with van der Waals surface area (Å²) in [5.41, 5.74) is 3.12. The first kappa shape index (κ1) is 7.43. The van der Waals surface area contributed by atoms with Gasteiger partial charge in [-0.2, -0.15) is 0 Å². The van der Waals surface area contributed by atoms with Crippen molar-refractivity contribution >= 4 is 16.9 Å². The van der Waals surface area contributed by atoms with E-state index in [0.717, 1.165) is 4.71 Å². The van der Waals surface area contributed by atoms with Gasteiger partial charge in [0.25, 0.3) is 0 Å². The Morgan fingerprint density at radius 2 is 1.91 bits per heavy atom. The molecule has 2 radical (unpaired) electrons. The third-order valence-electron chi connectivity index (χ3n) is 2.32. The molecule has 0 heterocycles. The molecule has 0 saturated carbocycles. The molecule has 0 aromatic heterocycles. The summed E-state index contributed by atoms with van der Waals surface area (Å²) in [7, 11) is 0. The summed E-state index contributed by atoms with van der Waals surface area (Å²) in [5, 5.41) is 0. The molecule has 0 N–H and O–H groups in total. The zero-order valence-corrected chi connectivity index (χ0v) is 8.33. The fourth-order valence-electron chi connectivity index (χ4n) is 1.68. The van der Waals surface area contributed by atoms with Crippen LogP contribution in [0.3, 0.4) is 0 Å². The van der Waals surface area contributed by atoms with Crippen LogP contribution in [0.25, 0.3) is 0 Å². The van der Waals surface area contributed by atoms with E-state index in [4.69, 9.17) is 0 Å². The number of benzene rings is 1. The fourth-order valence-corrected chi connectivity index (χ4v) is 2.36. The van der Waals surface area contributed by atoms with Gasteiger partial charge in [0, 0.05) is 0 Å². The van der Waals surface area contributed by atoms with Crippen LogP contribution in [0.4, 0.5) is 0 Å². The SMILES string of the molecule is [As]C1CCc2ccccc2C1. The third kappa shape index (κ3) is 1.51.